The summed E-state index contributed by atoms with van der Waals surface area (Å²) < 4.78 is 5.63. The van der Waals surface area contributed by atoms with E-state index in [4.69, 9.17) is 10.5 Å². The Morgan fingerprint density at radius 1 is 1.44 bits per heavy atom. The fraction of sp³-hybridized carbons (Fsp3) is 0.923. The molecule has 5 heteroatoms. The number of carbonyl (C=O) groups excluding carboxylic acids is 1. The zero-order chi connectivity index (χ0) is 13.3. The van der Waals surface area contributed by atoms with Gasteiger partial charge in [0.1, 0.15) is 5.54 Å². The van der Waals surface area contributed by atoms with Crippen LogP contribution in [0.1, 0.15) is 40.5 Å². The fourth-order valence-electron chi connectivity index (χ4n) is 2.58. The largest absolute Gasteiger partial charge is 0.378 e. The van der Waals surface area contributed by atoms with Gasteiger partial charge in [0.05, 0.1) is 6.10 Å². The monoisotopic (exact) mass is 278 g/mol. The second kappa shape index (κ2) is 6.22. The van der Waals surface area contributed by atoms with Crippen LogP contribution in [0.4, 0.5) is 0 Å². The molecule has 0 heterocycles. The van der Waals surface area contributed by atoms with E-state index in [0.717, 1.165) is 13.0 Å². The minimum atomic E-state index is -0.767. The van der Waals surface area contributed by atoms with E-state index in [0.29, 0.717) is 13.0 Å². The minimum absolute atomic E-state index is 0. The second-order valence-electron chi connectivity index (χ2n) is 5.57. The number of likely N-dealkylation sites (N-methyl/N-ethyl adjacent to an activating group) is 1. The van der Waals surface area contributed by atoms with Crippen LogP contribution in [0, 0.1) is 5.41 Å². The first kappa shape index (κ1) is 17.7. The molecule has 1 aliphatic carbocycles. The van der Waals surface area contributed by atoms with E-state index in [1.54, 1.807) is 4.90 Å². The van der Waals surface area contributed by atoms with Gasteiger partial charge in [-0.25, -0.2) is 0 Å². The maximum absolute atomic E-state index is 12.3. The first-order valence-electron chi connectivity index (χ1n) is 6.47. The van der Waals surface area contributed by atoms with Crippen molar-refractivity contribution in [3.63, 3.8) is 0 Å². The molecule has 0 saturated heterocycles. The highest BCUT2D eigenvalue weighted by atomic mass is 35.5. The molecule has 108 valence electrons. The van der Waals surface area contributed by atoms with Gasteiger partial charge in [0, 0.05) is 32.0 Å². The van der Waals surface area contributed by atoms with E-state index in [-0.39, 0.29) is 29.8 Å². The smallest absolute Gasteiger partial charge is 0.243 e. The fourth-order valence-corrected chi connectivity index (χ4v) is 2.58. The standard InChI is InChI=1S/C13H26N2O2.ClH/c1-6-8-15(5)11(16)13(14)9-10(17-7-2)12(13,3)4;/h10H,6-9,14H2,1-5H3;1H. The molecule has 0 bridgehead atoms. The average Bonchev–Trinajstić information content (AvgIpc) is 2.27. The molecule has 4 nitrogen and oxygen atoms in total. The normalized spacial score (nSPS) is 29.1. The highest BCUT2D eigenvalue weighted by molar-refractivity contribution is 5.88. The maximum Gasteiger partial charge on any atom is 0.243 e. The third-order valence-electron chi connectivity index (χ3n) is 4.12. The zero-order valence-corrected chi connectivity index (χ0v) is 13.0. The van der Waals surface area contributed by atoms with Crippen LogP contribution < -0.4 is 5.73 Å². The summed E-state index contributed by atoms with van der Waals surface area (Å²) in [6, 6.07) is 0. The molecule has 0 spiro atoms. The number of ether oxygens (including phenoxy) is 1. The van der Waals surface area contributed by atoms with E-state index in [2.05, 4.69) is 6.92 Å². The lowest BCUT2D eigenvalue weighted by molar-refractivity contribution is -0.178. The van der Waals surface area contributed by atoms with E-state index >= 15 is 0 Å². The average molecular weight is 279 g/mol. The number of amides is 1. The Bertz CT molecular complexity index is 297. The molecule has 2 N–H and O–H groups in total. The van der Waals surface area contributed by atoms with Crippen molar-refractivity contribution in [2.24, 2.45) is 11.1 Å². The Hall–Kier alpha value is -0.320. The van der Waals surface area contributed by atoms with Crippen molar-refractivity contribution in [2.75, 3.05) is 20.2 Å². The number of hydrogen-bond donors (Lipinski definition) is 1. The minimum Gasteiger partial charge on any atom is -0.378 e. The summed E-state index contributed by atoms with van der Waals surface area (Å²) in [4.78, 5) is 14.1. The van der Waals surface area contributed by atoms with Crippen molar-refractivity contribution in [2.45, 2.75) is 52.2 Å². The number of carbonyl (C=O) groups is 1. The molecular formula is C13H27ClN2O2. The topological polar surface area (TPSA) is 55.6 Å². The molecule has 0 aromatic rings. The van der Waals surface area contributed by atoms with Crippen molar-refractivity contribution in [3.8, 4) is 0 Å². The van der Waals surface area contributed by atoms with Crippen LogP contribution in [0.15, 0.2) is 0 Å². The zero-order valence-electron chi connectivity index (χ0n) is 12.2. The highest BCUT2D eigenvalue weighted by Gasteiger charge is 2.63. The first-order chi connectivity index (χ1) is 7.81. The second-order valence-corrected chi connectivity index (χ2v) is 5.57. The van der Waals surface area contributed by atoms with E-state index in [1.165, 1.54) is 0 Å². The third-order valence-corrected chi connectivity index (χ3v) is 4.12. The van der Waals surface area contributed by atoms with Crippen molar-refractivity contribution >= 4 is 18.3 Å². The lowest BCUT2D eigenvalue weighted by atomic mass is 9.54. The summed E-state index contributed by atoms with van der Waals surface area (Å²) in [7, 11) is 1.82. The van der Waals surface area contributed by atoms with Crippen LogP contribution in [0.5, 0.6) is 0 Å². The Morgan fingerprint density at radius 3 is 2.39 bits per heavy atom. The van der Waals surface area contributed by atoms with E-state index in [9.17, 15) is 4.79 Å². The van der Waals surface area contributed by atoms with Crippen LogP contribution in [-0.2, 0) is 9.53 Å². The highest BCUT2D eigenvalue weighted by Crippen LogP contribution is 2.50. The van der Waals surface area contributed by atoms with Gasteiger partial charge >= 0.3 is 0 Å². The van der Waals surface area contributed by atoms with Crippen LogP contribution in [0.3, 0.4) is 0 Å². The van der Waals surface area contributed by atoms with Crippen LogP contribution in [0.2, 0.25) is 0 Å². The van der Waals surface area contributed by atoms with Crippen molar-refractivity contribution in [3.05, 3.63) is 0 Å². The molecule has 1 fully saturated rings. The van der Waals surface area contributed by atoms with Crippen molar-refractivity contribution in [1.82, 2.24) is 4.90 Å². The Morgan fingerprint density at radius 2 is 2.00 bits per heavy atom. The van der Waals surface area contributed by atoms with E-state index in [1.807, 2.05) is 27.8 Å². The number of hydrogen-bond acceptors (Lipinski definition) is 3. The van der Waals surface area contributed by atoms with Gasteiger partial charge in [0.2, 0.25) is 5.91 Å². The predicted molar refractivity (Wildman–Crippen MR) is 75.9 cm³/mol. The molecule has 1 aliphatic rings. The summed E-state index contributed by atoms with van der Waals surface area (Å²) in [5, 5.41) is 0. The molecule has 1 amide bonds. The Labute approximate surface area is 117 Å². The van der Waals surface area contributed by atoms with Gasteiger partial charge < -0.3 is 15.4 Å². The number of rotatable bonds is 5. The van der Waals surface area contributed by atoms with Gasteiger partial charge in [-0.3, -0.25) is 4.79 Å². The first-order valence-corrected chi connectivity index (χ1v) is 6.47. The quantitative estimate of drug-likeness (QED) is 0.834. The Kier molecular flexibility index (Phi) is 6.11. The van der Waals surface area contributed by atoms with Crippen LogP contribution in [0.25, 0.3) is 0 Å². The van der Waals surface area contributed by atoms with E-state index < -0.39 is 5.54 Å². The molecule has 1 rings (SSSR count). The summed E-state index contributed by atoms with van der Waals surface area (Å²) in [5.41, 5.74) is 5.25. The van der Waals surface area contributed by atoms with Gasteiger partial charge in [-0.2, -0.15) is 0 Å². The summed E-state index contributed by atoms with van der Waals surface area (Å²) in [5.74, 6) is 0.0419. The van der Waals surface area contributed by atoms with Gasteiger partial charge in [-0.1, -0.05) is 20.8 Å². The SMILES string of the molecule is CCCN(C)C(=O)C1(N)CC(OCC)C1(C)C.Cl. The van der Waals surface area contributed by atoms with Crippen molar-refractivity contribution < 1.29 is 9.53 Å². The number of nitrogens with two attached hydrogens (primary N) is 1. The number of nitrogens with zero attached hydrogens (tertiary/aromatic N) is 1. The van der Waals surface area contributed by atoms with Gasteiger partial charge in [0.25, 0.3) is 0 Å². The molecule has 0 aromatic heterocycles. The lowest BCUT2D eigenvalue weighted by Gasteiger charge is -2.58. The molecule has 2 unspecified atom stereocenters. The lowest BCUT2D eigenvalue weighted by Crippen LogP contribution is -2.75. The molecule has 0 aromatic carbocycles. The van der Waals surface area contributed by atoms with Gasteiger partial charge in [-0.15, -0.1) is 12.4 Å². The number of halogens is 1. The molecule has 1 saturated carbocycles. The molecule has 0 aliphatic heterocycles. The van der Waals surface area contributed by atoms with Crippen LogP contribution >= 0.6 is 12.4 Å². The molecular weight excluding hydrogens is 252 g/mol. The van der Waals surface area contributed by atoms with Crippen LogP contribution in [-0.4, -0.2) is 42.6 Å². The summed E-state index contributed by atoms with van der Waals surface area (Å²) in [6.07, 6.45) is 1.67. The summed E-state index contributed by atoms with van der Waals surface area (Å²) in [6.45, 7) is 9.50. The molecule has 0 radical (unpaired) electrons. The maximum atomic E-state index is 12.3. The predicted octanol–water partition coefficient (Wildman–Crippen LogP) is 1.81. The van der Waals surface area contributed by atoms with Crippen molar-refractivity contribution in [1.29, 1.82) is 0 Å². The molecule has 18 heavy (non-hydrogen) atoms. The summed E-state index contributed by atoms with van der Waals surface area (Å²) >= 11 is 0. The van der Waals surface area contributed by atoms with Gasteiger partial charge in [-0.05, 0) is 13.3 Å². The van der Waals surface area contributed by atoms with Gasteiger partial charge in [0.15, 0.2) is 0 Å². The third kappa shape index (κ3) is 2.65. The molecule has 2 atom stereocenters. The Balaban J connectivity index is 0.00000289.